The highest BCUT2D eigenvalue weighted by atomic mass is 127. The molecule has 1 rings (SSSR count). The molecule has 1 heterocycles. The first kappa shape index (κ1) is 16.1. The number of pyridine rings is 1. The van der Waals surface area contributed by atoms with E-state index in [9.17, 15) is 4.79 Å². The number of quaternary nitrogens is 1. The molecule has 0 unspecified atom stereocenters. The highest BCUT2D eigenvalue weighted by molar-refractivity contribution is 5.84. The number of amides is 1. The second-order valence-electron chi connectivity index (χ2n) is 4.51. The van der Waals surface area contributed by atoms with Gasteiger partial charge in [-0.05, 0) is 12.1 Å². The van der Waals surface area contributed by atoms with Crippen molar-refractivity contribution < 1.29 is 38.0 Å². The number of halogens is 1. The van der Waals surface area contributed by atoms with Gasteiger partial charge in [-0.3, -0.25) is 10.3 Å². The number of nitrogens with zero attached hydrogens (tertiary/aromatic N) is 2. The van der Waals surface area contributed by atoms with E-state index in [1.807, 2.05) is 21.1 Å². The molecule has 96 valence electrons. The number of rotatable bonds is 4. The number of anilines is 1. The Kier molecular flexibility index (Phi) is 7.05. The first-order valence-electron chi connectivity index (χ1n) is 5.12. The third-order valence-corrected chi connectivity index (χ3v) is 1.92. The molecule has 1 aromatic heterocycles. The van der Waals surface area contributed by atoms with Crippen LogP contribution in [0.2, 0.25) is 0 Å². The molecule has 5 nitrogen and oxygen atoms in total. The molecule has 1 aromatic rings. The van der Waals surface area contributed by atoms with Crippen molar-refractivity contribution in [2.24, 2.45) is 0 Å². The van der Waals surface area contributed by atoms with Gasteiger partial charge in [0, 0.05) is 18.1 Å². The van der Waals surface area contributed by atoms with Gasteiger partial charge >= 0.3 is 6.09 Å². The normalized spacial score (nSPS) is 10.3. The average molecular weight is 351 g/mol. The summed E-state index contributed by atoms with van der Waals surface area (Å²) >= 11 is 0. The predicted molar refractivity (Wildman–Crippen MR) is 62.1 cm³/mol. The Hall–Kier alpha value is -0.890. The minimum atomic E-state index is -0.431. The molecule has 0 fully saturated rings. The molecule has 0 saturated heterocycles. The molecule has 0 aliphatic rings. The Labute approximate surface area is 119 Å². The van der Waals surface area contributed by atoms with E-state index in [0.29, 0.717) is 12.3 Å². The van der Waals surface area contributed by atoms with Gasteiger partial charge in [-0.2, -0.15) is 0 Å². The Morgan fingerprint density at radius 1 is 1.35 bits per heavy atom. The molecule has 1 N–H and O–H groups in total. The van der Waals surface area contributed by atoms with E-state index in [4.69, 9.17) is 4.74 Å². The zero-order valence-corrected chi connectivity index (χ0v) is 12.5. The lowest BCUT2D eigenvalue weighted by Gasteiger charge is -2.23. The van der Waals surface area contributed by atoms with Crippen LogP contribution in [0, 0.1) is 0 Å². The van der Waals surface area contributed by atoms with Gasteiger partial charge in [0.25, 0.3) is 0 Å². The predicted octanol–water partition coefficient (Wildman–Crippen LogP) is -1.66. The maximum Gasteiger partial charge on any atom is 0.411 e. The minimum absolute atomic E-state index is 0. The van der Waals surface area contributed by atoms with Crippen LogP contribution in [0.5, 0.6) is 0 Å². The maximum absolute atomic E-state index is 11.3. The molecule has 0 aliphatic heterocycles. The Morgan fingerprint density at radius 3 is 2.47 bits per heavy atom. The lowest BCUT2D eigenvalue weighted by molar-refractivity contribution is -0.870. The first-order valence-corrected chi connectivity index (χ1v) is 5.12. The highest BCUT2D eigenvalue weighted by Gasteiger charge is 2.09. The third kappa shape index (κ3) is 7.92. The molecule has 0 aliphatic carbocycles. The smallest absolute Gasteiger partial charge is 0.411 e. The molecule has 0 bridgehead atoms. The van der Waals surface area contributed by atoms with Gasteiger partial charge in [0.1, 0.15) is 13.2 Å². The summed E-state index contributed by atoms with van der Waals surface area (Å²) in [5.41, 5.74) is 0.685. The average Bonchev–Trinajstić information content (AvgIpc) is 2.17. The van der Waals surface area contributed by atoms with Crippen molar-refractivity contribution in [1.82, 2.24) is 4.98 Å². The molecule has 17 heavy (non-hydrogen) atoms. The maximum atomic E-state index is 11.3. The largest absolute Gasteiger partial charge is 1.00 e. The zero-order valence-electron chi connectivity index (χ0n) is 10.3. The Morgan fingerprint density at radius 2 is 1.94 bits per heavy atom. The standard InChI is InChI=1S/C11H17N3O2.HI/c1-14(2,3)8-9-16-11(15)13-10-4-6-12-7-5-10;/h4-7H,8-9H2,1-3H3;1H. The summed E-state index contributed by atoms with van der Waals surface area (Å²) in [6, 6.07) is 3.42. The number of carbonyl (C=O) groups excluding carboxylic acids is 1. The van der Waals surface area contributed by atoms with Crippen LogP contribution in [0.1, 0.15) is 0 Å². The first-order chi connectivity index (χ1) is 7.47. The van der Waals surface area contributed by atoms with E-state index in [1.54, 1.807) is 24.5 Å². The fraction of sp³-hybridized carbons (Fsp3) is 0.455. The quantitative estimate of drug-likeness (QED) is 0.522. The molecule has 0 aromatic carbocycles. The van der Waals surface area contributed by atoms with E-state index in [0.717, 1.165) is 11.0 Å². The fourth-order valence-electron chi connectivity index (χ4n) is 1.00. The minimum Gasteiger partial charge on any atom is -1.00 e. The summed E-state index contributed by atoms with van der Waals surface area (Å²) in [5, 5.41) is 2.62. The van der Waals surface area contributed by atoms with Crippen molar-refractivity contribution in [3.05, 3.63) is 24.5 Å². The van der Waals surface area contributed by atoms with Crippen molar-refractivity contribution >= 4 is 11.8 Å². The van der Waals surface area contributed by atoms with Gasteiger partial charge in [-0.1, -0.05) is 0 Å². The Bertz CT molecular complexity index is 338. The van der Waals surface area contributed by atoms with E-state index in [1.165, 1.54) is 0 Å². The number of nitrogens with one attached hydrogen (secondary N) is 1. The van der Waals surface area contributed by atoms with E-state index in [-0.39, 0.29) is 24.0 Å². The van der Waals surface area contributed by atoms with Gasteiger partial charge in [0.05, 0.1) is 21.1 Å². The number of hydrogen-bond donors (Lipinski definition) is 1. The third-order valence-electron chi connectivity index (χ3n) is 1.92. The van der Waals surface area contributed by atoms with Crippen LogP contribution in [0.15, 0.2) is 24.5 Å². The molecular formula is C11H18IN3O2. The molecule has 0 spiro atoms. The Balaban J connectivity index is 0.00000256. The summed E-state index contributed by atoms with van der Waals surface area (Å²) < 4.78 is 5.80. The number of carbonyl (C=O) groups is 1. The van der Waals surface area contributed by atoms with E-state index < -0.39 is 6.09 Å². The van der Waals surface area contributed by atoms with Crippen molar-refractivity contribution in [3.63, 3.8) is 0 Å². The molecule has 6 heteroatoms. The topological polar surface area (TPSA) is 51.2 Å². The van der Waals surface area contributed by atoms with Gasteiger partial charge in [-0.25, -0.2) is 4.79 Å². The summed E-state index contributed by atoms with van der Waals surface area (Å²) in [4.78, 5) is 15.2. The second-order valence-corrected chi connectivity index (χ2v) is 4.51. The zero-order chi connectivity index (χ0) is 12.0. The van der Waals surface area contributed by atoms with Gasteiger partial charge in [-0.15, -0.1) is 0 Å². The number of ether oxygens (including phenoxy) is 1. The van der Waals surface area contributed by atoms with Crippen molar-refractivity contribution in [2.45, 2.75) is 0 Å². The lowest BCUT2D eigenvalue weighted by Crippen LogP contribution is -3.00. The summed E-state index contributed by atoms with van der Waals surface area (Å²) in [7, 11) is 6.14. The van der Waals surface area contributed by atoms with Crippen LogP contribution in [0.4, 0.5) is 10.5 Å². The van der Waals surface area contributed by atoms with Crippen LogP contribution < -0.4 is 29.3 Å². The number of likely N-dealkylation sites (N-methyl/N-ethyl adjacent to an activating group) is 1. The molecular weight excluding hydrogens is 333 g/mol. The van der Waals surface area contributed by atoms with Crippen molar-refractivity contribution in [1.29, 1.82) is 0 Å². The van der Waals surface area contributed by atoms with Crippen LogP contribution in [0.25, 0.3) is 0 Å². The van der Waals surface area contributed by atoms with Crippen molar-refractivity contribution in [2.75, 3.05) is 39.6 Å². The van der Waals surface area contributed by atoms with Crippen LogP contribution in [-0.2, 0) is 4.74 Å². The lowest BCUT2D eigenvalue weighted by atomic mass is 10.4. The molecule has 0 saturated carbocycles. The summed E-state index contributed by atoms with van der Waals surface area (Å²) in [6.45, 7) is 1.18. The van der Waals surface area contributed by atoms with Crippen LogP contribution in [-0.4, -0.2) is 49.9 Å². The molecule has 0 radical (unpaired) electrons. The number of aromatic nitrogens is 1. The van der Waals surface area contributed by atoms with Crippen molar-refractivity contribution in [3.8, 4) is 0 Å². The SMILES string of the molecule is C[N+](C)(C)CCOC(=O)Nc1ccncc1.[I-]. The highest BCUT2D eigenvalue weighted by Crippen LogP contribution is 2.03. The monoisotopic (exact) mass is 351 g/mol. The summed E-state index contributed by atoms with van der Waals surface area (Å²) in [5.74, 6) is 0. The van der Waals surface area contributed by atoms with Gasteiger partial charge < -0.3 is 33.2 Å². The fourth-order valence-corrected chi connectivity index (χ4v) is 1.00. The van der Waals surface area contributed by atoms with Crippen LogP contribution >= 0.6 is 0 Å². The summed E-state index contributed by atoms with van der Waals surface area (Å²) in [6.07, 6.45) is 2.79. The molecule has 0 atom stereocenters. The van der Waals surface area contributed by atoms with Gasteiger partial charge in [0.15, 0.2) is 0 Å². The van der Waals surface area contributed by atoms with Gasteiger partial charge in [0.2, 0.25) is 0 Å². The van der Waals surface area contributed by atoms with E-state index >= 15 is 0 Å². The number of hydrogen-bond acceptors (Lipinski definition) is 3. The van der Waals surface area contributed by atoms with E-state index in [2.05, 4.69) is 10.3 Å². The molecule has 1 amide bonds. The second kappa shape index (κ2) is 7.44. The van der Waals surface area contributed by atoms with Crippen LogP contribution in [0.3, 0.4) is 0 Å².